The van der Waals surface area contributed by atoms with Crippen LogP contribution in [0.3, 0.4) is 0 Å². The highest BCUT2D eigenvalue weighted by molar-refractivity contribution is 6.73. The summed E-state index contributed by atoms with van der Waals surface area (Å²) in [7, 11) is -1.06. The predicted molar refractivity (Wildman–Crippen MR) is 50.5 cm³/mol. The normalized spacial score (nSPS) is 12.5. The first kappa shape index (κ1) is 9.76. The van der Waals surface area contributed by atoms with E-state index >= 15 is 0 Å². The molecule has 1 nitrogen and oxygen atoms in total. The molecular formula is C8H19NSi. The number of nitrogens with zero attached hydrogens (tertiary/aromatic N) is 1. The lowest BCUT2D eigenvalue weighted by atomic mass is 10.6. The number of allylic oxidation sites excluding steroid dienone is 1. The zero-order valence-electron chi connectivity index (χ0n) is 7.81. The van der Waals surface area contributed by atoms with E-state index in [0.717, 1.165) is 6.54 Å². The van der Waals surface area contributed by atoms with Crippen LogP contribution in [0.4, 0.5) is 0 Å². The lowest BCUT2D eigenvalue weighted by Crippen LogP contribution is -2.41. The van der Waals surface area contributed by atoms with Gasteiger partial charge in [-0.25, -0.2) is 0 Å². The molecule has 0 spiro atoms. The molecule has 10 heavy (non-hydrogen) atoms. The van der Waals surface area contributed by atoms with Crippen molar-refractivity contribution in [3.63, 3.8) is 0 Å². The third kappa shape index (κ3) is 3.06. The van der Waals surface area contributed by atoms with E-state index in [4.69, 9.17) is 0 Å². The fraction of sp³-hybridized carbons (Fsp3) is 0.750. The standard InChI is InChI=1S/C8H19NSi/c1-6-8-9(7-2)10(3,4)5/h6,8H,7H2,1-5H3/b8-6+. The molecule has 0 atom stereocenters. The van der Waals surface area contributed by atoms with Crippen LogP contribution in [0.5, 0.6) is 0 Å². The lowest BCUT2D eigenvalue weighted by Gasteiger charge is -2.31. The maximum atomic E-state index is 2.45. The summed E-state index contributed by atoms with van der Waals surface area (Å²) in [4.78, 5) is 0. The van der Waals surface area contributed by atoms with Crippen LogP contribution in [0.25, 0.3) is 0 Å². The van der Waals surface area contributed by atoms with Gasteiger partial charge in [0.15, 0.2) is 0 Å². The molecular weight excluding hydrogens is 138 g/mol. The average Bonchev–Trinajstić information content (AvgIpc) is 1.80. The van der Waals surface area contributed by atoms with Crippen molar-refractivity contribution in [1.82, 2.24) is 4.57 Å². The van der Waals surface area contributed by atoms with E-state index in [1.165, 1.54) is 0 Å². The summed E-state index contributed by atoms with van der Waals surface area (Å²) in [5.41, 5.74) is 0. The third-order valence-corrected chi connectivity index (χ3v) is 3.72. The Morgan fingerprint density at radius 3 is 1.90 bits per heavy atom. The van der Waals surface area contributed by atoms with E-state index in [-0.39, 0.29) is 0 Å². The molecule has 0 aliphatic rings. The molecule has 0 amide bonds. The molecule has 0 radical (unpaired) electrons. The van der Waals surface area contributed by atoms with Crippen molar-refractivity contribution in [3.05, 3.63) is 12.3 Å². The molecule has 0 aromatic rings. The van der Waals surface area contributed by atoms with Crippen LogP contribution in [-0.4, -0.2) is 19.3 Å². The largest absolute Gasteiger partial charge is 0.404 e. The first-order valence-corrected chi connectivity index (χ1v) is 7.36. The fourth-order valence-electron chi connectivity index (χ4n) is 0.983. The quantitative estimate of drug-likeness (QED) is 0.569. The summed E-state index contributed by atoms with van der Waals surface area (Å²) in [6.07, 6.45) is 4.31. The molecule has 0 rings (SSSR count). The summed E-state index contributed by atoms with van der Waals surface area (Å²) in [5.74, 6) is 0. The second-order valence-electron chi connectivity index (χ2n) is 3.44. The molecule has 2 heteroatoms. The molecule has 0 aliphatic heterocycles. The van der Waals surface area contributed by atoms with Crippen LogP contribution >= 0.6 is 0 Å². The maximum Gasteiger partial charge on any atom is 0.146 e. The number of hydrogen-bond acceptors (Lipinski definition) is 1. The third-order valence-electron chi connectivity index (χ3n) is 1.53. The molecule has 0 N–H and O–H groups in total. The first-order chi connectivity index (χ1) is 4.52. The Hall–Kier alpha value is -0.243. The molecule has 60 valence electrons. The van der Waals surface area contributed by atoms with Crippen molar-refractivity contribution in [2.75, 3.05) is 6.54 Å². The SMILES string of the molecule is C/C=C/N(CC)[Si](C)(C)C. The van der Waals surface area contributed by atoms with Gasteiger partial charge in [0.2, 0.25) is 0 Å². The van der Waals surface area contributed by atoms with Crippen LogP contribution in [-0.2, 0) is 0 Å². The summed E-state index contributed by atoms with van der Waals surface area (Å²) in [6.45, 7) is 12.5. The van der Waals surface area contributed by atoms with E-state index in [1.54, 1.807) is 0 Å². The summed E-state index contributed by atoms with van der Waals surface area (Å²) in [6, 6.07) is 0. The smallest absolute Gasteiger partial charge is 0.146 e. The Bertz CT molecular complexity index is 113. The molecule has 0 aromatic carbocycles. The van der Waals surface area contributed by atoms with Gasteiger partial charge in [0.25, 0.3) is 0 Å². The number of hydrogen-bond donors (Lipinski definition) is 0. The minimum absolute atomic E-state index is 1.06. The number of rotatable bonds is 3. The summed E-state index contributed by atoms with van der Waals surface area (Å²) >= 11 is 0. The van der Waals surface area contributed by atoms with Crippen molar-refractivity contribution in [3.8, 4) is 0 Å². The van der Waals surface area contributed by atoms with Crippen LogP contribution < -0.4 is 0 Å². The van der Waals surface area contributed by atoms with Gasteiger partial charge in [-0.1, -0.05) is 25.7 Å². The predicted octanol–water partition coefficient (Wildman–Crippen LogP) is 2.68. The second-order valence-corrected chi connectivity index (χ2v) is 8.36. The minimum atomic E-state index is -1.06. The van der Waals surface area contributed by atoms with Gasteiger partial charge < -0.3 is 4.57 Å². The molecule has 0 aromatic heterocycles. The van der Waals surface area contributed by atoms with Crippen molar-refractivity contribution >= 4 is 8.24 Å². The fourth-order valence-corrected chi connectivity index (χ4v) is 2.53. The van der Waals surface area contributed by atoms with Crippen molar-refractivity contribution in [2.45, 2.75) is 33.5 Å². The van der Waals surface area contributed by atoms with E-state index in [0.29, 0.717) is 0 Å². The second kappa shape index (κ2) is 3.81. The molecule has 0 heterocycles. The van der Waals surface area contributed by atoms with Gasteiger partial charge >= 0.3 is 0 Å². The van der Waals surface area contributed by atoms with E-state index < -0.39 is 8.24 Å². The average molecular weight is 157 g/mol. The highest BCUT2D eigenvalue weighted by Gasteiger charge is 2.18. The van der Waals surface area contributed by atoms with Crippen LogP contribution in [0.15, 0.2) is 12.3 Å². The van der Waals surface area contributed by atoms with Gasteiger partial charge in [-0.05, 0) is 20.0 Å². The van der Waals surface area contributed by atoms with Crippen LogP contribution in [0, 0.1) is 0 Å². The highest BCUT2D eigenvalue weighted by Crippen LogP contribution is 2.08. The van der Waals surface area contributed by atoms with Crippen molar-refractivity contribution in [1.29, 1.82) is 0 Å². The van der Waals surface area contributed by atoms with Gasteiger partial charge in [0, 0.05) is 6.54 Å². The Morgan fingerprint density at radius 2 is 1.80 bits per heavy atom. The Balaban J connectivity index is 4.07. The van der Waals surface area contributed by atoms with E-state index in [9.17, 15) is 0 Å². The molecule has 0 fully saturated rings. The zero-order valence-corrected chi connectivity index (χ0v) is 8.81. The molecule has 0 saturated carbocycles. The van der Waals surface area contributed by atoms with Crippen LogP contribution in [0.1, 0.15) is 13.8 Å². The molecule has 0 unspecified atom stereocenters. The summed E-state index contributed by atoms with van der Waals surface area (Å²) in [5, 5.41) is 0. The lowest BCUT2D eigenvalue weighted by molar-refractivity contribution is 0.593. The zero-order chi connectivity index (χ0) is 8.20. The Morgan fingerprint density at radius 1 is 1.30 bits per heavy atom. The maximum absolute atomic E-state index is 2.45. The van der Waals surface area contributed by atoms with Gasteiger partial charge in [-0.15, -0.1) is 0 Å². The van der Waals surface area contributed by atoms with Gasteiger partial charge in [-0.2, -0.15) is 0 Å². The Kier molecular flexibility index (Phi) is 3.72. The van der Waals surface area contributed by atoms with E-state index in [1.807, 2.05) is 0 Å². The van der Waals surface area contributed by atoms with Gasteiger partial charge in [-0.3, -0.25) is 0 Å². The van der Waals surface area contributed by atoms with Gasteiger partial charge in [0.1, 0.15) is 8.24 Å². The van der Waals surface area contributed by atoms with Crippen molar-refractivity contribution in [2.24, 2.45) is 0 Å². The van der Waals surface area contributed by atoms with Gasteiger partial charge in [0.05, 0.1) is 0 Å². The molecule has 0 bridgehead atoms. The Labute approximate surface area is 65.8 Å². The van der Waals surface area contributed by atoms with Crippen LogP contribution in [0.2, 0.25) is 19.6 Å². The molecule has 0 saturated heterocycles. The first-order valence-electron chi connectivity index (χ1n) is 3.92. The van der Waals surface area contributed by atoms with Crippen molar-refractivity contribution < 1.29 is 0 Å². The van der Waals surface area contributed by atoms with E-state index in [2.05, 4.69) is 50.3 Å². The minimum Gasteiger partial charge on any atom is -0.404 e. The highest BCUT2D eigenvalue weighted by atomic mass is 28.3. The molecule has 0 aliphatic carbocycles. The summed E-state index contributed by atoms with van der Waals surface area (Å²) < 4.78 is 2.45. The monoisotopic (exact) mass is 157 g/mol. The topological polar surface area (TPSA) is 3.24 Å².